The predicted octanol–water partition coefficient (Wildman–Crippen LogP) is -0.286. The van der Waals surface area contributed by atoms with Gasteiger partial charge in [0, 0.05) is 25.7 Å². The molecule has 0 aromatic heterocycles. The van der Waals surface area contributed by atoms with Gasteiger partial charge in [0.05, 0.1) is 4.90 Å². The van der Waals surface area contributed by atoms with Crippen LogP contribution in [-0.2, 0) is 26.2 Å². The van der Waals surface area contributed by atoms with Gasteiger partial charge in [0.1, 0.15) is 0 Å². The number of primary sulfonamides is 1. The molecule has 2 rings (SSSR count). The summed E-state index contributed by atoms with van der Waals surface area (Å²) in [6.07, 6.45) is 3.07. The summed E-state index contributed by atoms with van der Waals surface area (Å²) >= 11 is 0. The number of aliphatic hydroxyl groups excluding tert-OH is 1. The molecule has 0 spiro atoms. The fourth-order valence-electron chi connectivity index (χ4n) is 2.90. The number of nitrogens with zero attached hydrogens (tertiary/aromatic N) is 1. The van der Waals surface area contributed by atoms with Crippen molar-refractivity contribution in [1.82, 2.24) is 10.2 Å². The number of amides is 2. The van der Waals surface area contributed by atoms with Crippen LogP contribution in [0.5, 0.6) is 0 Å². The van der Waals surface area contributed by atoms with Crippen LogP contribution in [0.1, 0.15) is 31.2 Å². The number of rotatable bonds is 5. The Hall–Kier alpha value is -1.97. The average Bonchev–Trinajstić information content (AvgIpc) is 2.59. The summed E-state index contributed by atoms with van der Waals surface area (Å²) in [5.74, 6) is -1.31. The number of nitrogens with two attached hydrogens (primary N) is 1. The van der Waals surface area contributed by atoms with Crippen molar-refractivity contribution >= 4 is 21.8 Å². The molecule has 138 valence electrons. The van der Waals surface area contributed by atoms with E-state index in [0.29, 0.717) is 18.5 Å². The Morgan fingerprint density at radius 1 is 1.24 bits per heavy atom. The largest absolute Gasteiger partial charge is 0.396 e. The quantitative estimate of drug-likeness (QED) is 0.614. The molecule has 0 bridgehead atoms. The van der Waals surface area contributed by atoms with Gasteiger partial charge in [-0.05, 0) is 43.4 Å². The fourth-order valence-corrected chi connectivity index (χ4v) is 3.42. The Morgan fingerprint density at radius 2 is 1.92 bits per heavy atom. The van der Waals surface area contributed by atoms with E-state index < -0.39 is 21.8 Å². The zero-order valence-electron chi connectivity index (χ0n) is 13.8. The number of hydrogen-bond donors (Lipinski definition) is 3. The van der Waals surface area contributed by atoms with Crippen LogP contribution in [0.3, 0.4) is 0 Å². The molecule has 2 amide bonds. The van der Waals surface area contributed by atoms with Crippen molar-refractivity contribution in [2.24, 2.45) is 5.14 Å². The third-order valence-corrected chi connectivity index (χ3v) is 5.18. The van der Waals surface area contributed by atoms with Crippen LogP contribution >= 0.6 is 0 Å². The third-order valence-electron chi connectivity index (χ3n) is 4.25. The lowest BCUT2D eigenvalue weighted by Crippen LogP contribution is -2.50. The van der Waals surface area contributed by atoms with E-state index in [0.717, 1.165) is 19.3 Å². The number of benzene rings is 1. The molecule has 1 saturated heterocycles. The Labute approximate surface area is 147 Å². The van der Waals surface area contributed by atoms with Crippen molar-refractivity contribution in [1.29, 1.82) is 0 Å². The molecule has 9 heteroatoms. The molecule has 1 aromatic carbocycles. The standard InChI is InChI=1S/C16H23N3O5S/c17-25(23,24)14-6-4-12(5-7-14)11-18-15(21)16(22)19-9-2-1-3-13(19)8-10-20/h4-7,13,20H,1-3,8-11H2,(H,18,21)(H2,17,23,24). The summed E-state index contributed by atoms with van der Waals surface area (Å²) in [6.45, 7) is 0.598. The maximum Gasteiger partial charge on any atom is 0.312 e. The summed E-state index contributed by atoms with van der Waals surface area (Å²) in [5.41, 5.74) is 0.652. The minimum atomic E-state index is -3.76. The SMILES string of the molecule is NS(=O)(=O)c1ccc(CNC(=O)C(=O)N2CCCCC2CCO)cc1. The molecular formula is C16H23N3O5S. The van der Waals surface area contributed by atoms with Crippen molar-refractivity contribution in [2.75, 3.05) is 13.2 Å². The lowest BCUT2D eigenvalue weighted by Gasteiger charge is -2.35. The first-order chi connectivity index (χ1) is 11.8. The second kappa shape index (κ2) is 8.41. The number of carbonyl (C=O) groups is 2. The summed E-state index contributed by atoms with van der Waals surface area (Å²) < 4.78 is 22.4. The van der Waals surface area contributed by atoms with Crippen LogP contribution in [0.2, 0.25) is 0 Å². The number of likely N-dealkylation sites (tertiary alicyclic amines) is 1. The number of hydrogen-bond acceptors (Lipinski definition) is 5. The van der Waals surface area contributed by atoms with Gasteiger partial charge in [-0.15, -0.1) is 0 Å². The van der Waals surface area contributed by atoms with Crippen molar-refractivity contribution in [3.05, 3.63) is 29.8 Å². The number of piperidine rings is 1. The average molecular weight is 369 g/mol. The van der Waals surface area contributed by atoms with Crippen LogP contribution in [-0.4, -0.2) is 49.4 Å². The first kappa shape index (κ1) is 19.4. The fraction of sp³-hybridized carbons (Fsp3) is 0.500. The predicted molar refractivity (Wildman–Crippen MR) is 90.7 cm³/mol. The second-order valence-electron chi connectivity index (χ2n) is 6.03. The Kier molecular flexibility index (Phi) is 6.51. The van der Waals surface area contributed by atoms with E-state index in [4.69, 9.17) is 10.2 Å². The smallest absolute Gasteiger partial charge is 0.312 e. The van der Waals surface area contributed by atoms with Gasteiger partial charge in [0.2, 0.25) is 10.0 Å². The lowest BCUT2D eigenvalue weighted by atomic mass is 9.99. The van der Waals surface area contributed by atoms with Crippen LogP contribution in [0.15, 0.2) is 29.2 Å². The van der Waals surface area contributed by atoms with Gasteiger partial charge >= 0.3 is 11.8 Å². The van der Waals surface area contributed by atoms with Crippen molar-refractivity contribution < 1.29 is 23.1 Å². The first-order valence-corrected chi connectivity index (χ1v) is 9.69. The molecule has 1 aliphatic rings. The first-order valence-electron chi connectivity index (χ1n) is 8.14. The molecule has 8 nitrogen and oxygen atoms in total. The van der Waals surface area contributed by atoms with Gasteiger partial charge in [-0.3, -0.25) is 9.59 Å². The van der Waals surface area contributed by atoms with E-state index in [1.54, 1.807) is 0 Å². The Morgan fingerprint density at radius 3 is 2.52 bits per heavy atom. The summed E-state index contributed by atoms with van der Waals surface area (Å²) in [7, 11) is -3.76. The molecule has 0 radical (unpaired) electrons. The molecule has 1 aliphatic heterocycles. The molecule has 1 fully saturated rings. The summed E-state index contributed by atoms with van der Waals surface area (Å²) in [4.78, 5) is 25.9. The van der Waals surface area contributed by atoms with Crippen LogP contribution < -0.4 is 10.5 Å². The second-order valence-corrected chi connectivity index (χ2v) is 7.59. The number of nitrogens with one attached hydrogen (secondary N) is 1. The number of carbonyl (C=O) groups excluding carboxylic acids is 2. The van der Waals surface area contributed by atoms with E-state index in [2.05, 4.69) is 5.32 Å². The highest BCUT2D eigenvalue weighted by atomic mass is 32.2. The van der Waals surface area contributed by atoms with Gasteiger partial charge in [0.25, 0.3) is 0 Å². The highest BCUT2D eigenvalue weighted by molar-refractivity contribution is 7.89. The van der Waals surface area contributed by atoms with Gasteiger partial charge in [-0.1, -0.05) is 12.1 Å². The zero-order chi connectivity index (χ0) is 18.4. The maximum absolute atomic E-state index is 12.3. The van der Waals surface area contributed by atoms with Crippen LogP contribution in [0, 0.1) is 0 Å². The Bertz CT molecular complexity index is 716. The summed E-state index contributed by atoms with van der Waals surface area (Å²) in [6, 6.07) is 5.65. The molecule has 1 unspecified atom stereocenters. The molecule has 1 aromatic rings. The van der Waals surface area contributed by atoms with Gasteiger partial charge in [0.15, 0.2) is 0 Å². The van der Waals surface area contributed by atoms with Crippen molar-refractivity contribution in [3.8, 4) is 0 Å². The number of sulfonamides is 1. The van der Waals surface area contributed by atoms with Gasteiger partial charge in [-0.25, -0.2) is 13.6 Å². The molecule has 1 heterocycles. The molecular weight excluding hydrogens is 346 g/mol. The lowest BCUT2D eigenvalue weighted by molar-refractivity contribution is -0.148. The van der Waals surface area contributed by atoms with Crippen LogP contribution in [0.4, 0.5) is 0 Å². The maximum atomic E-state index is 12.3. The van der Waals surface area contributed by atoms with Gasteiger partial charge in [-0.2, -0.15) is 0 Å². The summed E-state index contributed by atoms with van der Waals surface area (Å²) in [5, 5.41) is 16.7. The van der Waals surface area contributed by atoms with E-state index in [9.17, 15) is 18.0 Å². The number of aliphatic hydroxyl groups is 1. The molecule has 0 aliphatic carbocycles. The topological polar surface area (TPSA) is 130 Å². The Balaban J connectivity index is 1.93. The van der Waals surface area contributed by atoms with Crippen molar-refractivity contribution in [2.45, 2.75) is 43.2 Å². The van der Waals surface area contributed by atoms with Crippen molar-refractivity contribution in [3.63, 3.8) is 0 Å². The van der Waals surface area contributed by atoms with E-state index in [-0.39, 0.29) is 24.1 Å². The minimum Gasteiger partial charge on any atom is -0.396 e. The van der Waals surface area contributed by atoms with Gasteiger partial charge < -0.3 is 15.3 Å². The van der Waals surface area contributed by atoms with E-state index >= 15 is 0 Å². The monoisotopic (exact) mass is 369 g/mol. The molecule has 0 saturated carbocycles. The molecule has 1 atom stereocenters. The van der Waals surface area contributed by atoms with Crippen LogP contribution in [0.25, 0.3) is 0 Å². The molecule has 25 heavy (non-hydrogen) atoms. The zero-order valence-corrected chi connectivity index (χ0v) is 14.7. The minimum absolute atomic E-state index is 0.0150. The normalized spacial score (nSPS) is 18.0. The van der Waals surface area contributed by atoms with E-state index in [1.807, 2.05) is 0 Å². The highest BCUT2D eigenvalue weighted by Crippen LogP contribution is 2.19. The van der Waals surface area contributed by atoms with E-state index in [1.165, 1.54) is 29.2 Å². The third kappa shape index (κ3) is 5.25. The molecule has 4 N–H and O–H groups in total. The highest BCUT2D eigenvalue weighted by Gasteiger charge is 2.30.